The van der Waals surface area contributed by atoms with Crippen molar-refractivity contribution in [3.63, 3.8) is 0 Å². The molecular weight excluding hydrogens is 434 g/mol. The summed E-state index contributed by atoms with van der Waals surface area (Å²) in [5.41, 5.74) is 3.26. The Morgan fingerprint density at radius 1 is 0.657 bits per heavy atom. The minimum absolute atomic E-state index is 0.479. The quantitative estimate of drug-likeness (QED) is 0.243. The Hall–Kier alpha value is -4.44. The van der Waals surface area contributed by atoms with E-state index in [4.69, 9.17) is 14.2 Å². The lowest BCUT2D eigenvalue weighted by Crippen LogP contribution is -2.02. The second-order valence-electron chi connectivity index (χ2n) is 8.21. The molecule has 5 aromatic carbocycles. The van der Waals surface area contributed by atoms with E-state index in [1.54, 1.807) is 7.11 Å². The van der Waals surface area contributed by atoms with Gasteiger partial charge in [0.25, 0.3) is 0 Å². The Bertz CT molecular complexity index is 1390. The summed E-state index contributed by atoms with van der Waals surface area (Å²) in [5.74, 6) is 3.07. The molecule has 4 heteroatoms. The average molecular weight is 462 g/mol. The van der Waals surface area contributed by atoms with Crippen LogP contribution >= 0.6 is 0 Å². The molecule has 0 bridgehead atoms. The summed E-state index contributed by atoms with van der Waals surface area (Å²) < 4.78 is 17.6. The van der Waals surface area contributed by atoms with Crippen molar-refractivity contribution in [2.24, 2.45) is 0 Å². The number of ether oxygens (including phenoxy) is 3. The molecule has 0 spiro atoms. The van der Waals surface area contributed by atoms with Gasteiger partial charge in [-0.15, -0.1) is 0 Å². The van der Waals surface area contributed by atoms with Gasteiger partial charge in [-0.05, 0) is 70.4 Å². The highest BCUT2D eigenvalue weighted by Crippen LogP contribution is 2.30. The highest BCUT2D eigenvalue weighted by molar-refractivity contribution is 5.85. The van der Waals surface area contributed by atoms with Gasteiger partial charge in [0.05, 0.1) is 7.11 Å². The number of benzene rings is 5. The van der Waals surface area contributed by atoms with Crippen LogP contribution in [0.3, 0.4) is 0 Å². The van der Waals surface area contributed by atoms with Crippen molar-refractivity contribution in [3.8, 4) is 23.0 Å². The summed E-state index contributed by atoms with van der Waals surface area (Å²) in [4.78, 5) is 0. The van der Waals surface area contributed by atoms with E-state index >= 15 is 0 Å². The Labute approximate surface area is 205 Å². The van der Waals surface area contributed by atoms with Gasteiger partial charge in [-0.3, -0.25) is 0 Å². The lowest BCUT2D eigenvalue weighted by molar-refractivity contribution is 0.285. The normalized spacial score (nSPS) is 10.7. The van der Waals surface area contributed by atoms with Crippen LogP contribution in [0.1, 0.15) is 11.1 Å². The summed E-state index contributed by atoms with van der Waals surface area (Å²) >= 11 is 0. The monoisotopic (exact) mass is 461 g/mol. The molecule has 0 aliphatic heterocycles. The number of rotatable bonds is 9. The first-order valence-electron chi connectivity index (χ1n) is 11.6. The van der Waals surface area contributed by atoms with Crippen LogP contribution in [0.15, 0.2) is 115 Å². The molecule has 0 saturated heterocycles. The maximum absolute atomic E-state index is 6.14. The van der Waals surface area contributed by atoms with Crippen molar-refractivity contribution in [1.29, 1.82) is 0 Å². The van der Waals surface area contributed by atoms with Crippen LogP contribution in [0.4, 0.5) is 5.69 Å². The molecule has 0 fully saturated rings. The third-order valence-corrected chi connectivity index (χ3v) is 5.82. The van der Waals surface area contributed by atoms with E-state index < -0.39 is 0 Å². The molecule has 0 radical (unpaired) electrons. The van der Waals surface area contributed by atoms with E-state index in [1.807, 2.05) is 66.7 Å². The van der Waals surface area contributed by atoms with E-state index in [0.29, 0.717) is 13.2 Å². The molecule has 0 atom stereocenters. The van der Waals surface area contributed by atoms with Gasteiger partial charge in [-0.1, -0.05) is 66.7 Å². The number of hydrogen-bond donors (Lipinski definition) is 1. The van der Waals surface area contributed by atoms with Gasteiger partial charge in [0, 0.05) is 12.2 Å². The average Bonchev–Trinajstić information content (AvgIpc) is 2.92. The summed E-state index contributed by atoms with van der Waals surface area (Å²) in [7, 11) is 1.67. The number of hydrogen-bond acceptors (Lipinski definition) is 4. The molecule has 5 rings (SSSR count). The first-order chi connectivity index (χ1) is 17.3. The third kappa shape index (κ3) is 5.56. The first-order valence-corrected chi connectivity index (χ1v) is 11.6. The van der Waals surface area contributed by atoms with E-state index in [-0.39, 0.29) is 0 Å². The van der Waals surface area contributed by atoms with Crippen molar-refractivity contribution in [3.05, 3.63) is 126 Å². The SMILES string of the molecule is COc1cc(CNc2ccc(Oc3ccccc3)cc2)ccc1OCc1cccc2ccccc12. The molecule has 5 aromatic rings. The zero-order chi connectivity index (χ0) is 23.9. The number of para-hydroxylation sites is 1. The van der Waals surface area contributed by atoms with Crippen molar-refractivity contribution in [2.75, 3.05) is 12.4 Å². The molecule has 4 nitrogen and oxygen atoms in total. The van der Waals surface area contributed by atoms with Gasteiger partial charge < -0.3 is 19.5 Å². The van der Waals surface area contributed by atoms with Gasteiger partial charge in [0.1, 0.15) is 18.1 Å². The van der Waals surface area contributed by atoms with Crippen LogP contribution in [0.2, 0.25) is 0 Å². The zero-order valence-electron chi connectivity index (χ0n) is 19.6. The van der Waals surface area contributed by atoms with Crippen molar-refractivity contribution < 1.29 is 14.2 Å². The molecule has 0 saturated carbocycles. The highest BCUT2D eigenvalue weighted by atomic mass is 16.5. The second-order valence-corrected chi connectivity index (χ2v) is 8.21. The van der Waals surface area contributed by atoms with Crippen molar-refractivity contribution in [1.82, 2.24) is 0 Å². The Balaban J connectivity index is 1.20. The molecule has 0 heterocycles. The maximum atomic E-state index is 6.14. The minimum Gasteiger partial charge on any atom is -0.493 e. The predicted octanol–water partition coefficient (Wildman–Crippen LogP) is 7.83. The highest BCUT2D eigenvalue weighted by Gasteiger charge is 2.08. The molecule has 1 N–H and O–H groups in total. The van der Waals surface area contributed by atoms with Crippen LogP contribution in [0.25, 0.3) is 10.8 Å². The zero-order valence-corrected chi connectivity index (χ0v) is 19.6. The lowest BCUT2D eigenvalue weighted by Gasteiger charge is -2.14. The van der Waals surface area contributed by atoms with Gasteiger partial charge in [0.2, 0.25) is 0 Å². The Morgan fingerprint density at radius 3 is 2.23 bits per heavy atom. The fourth-order valence-corrected chi connectivity index (χ4v) is 3.98. The van der Waals surface area contributed by atoms with Gasteiger partial charge >= 0.3 is 0 Å². The van der Waals surface area contributed by atoms with Crippen LogP contribution < -0.4 is 19.5 Å². The fraction of sp³-hybridized carbons (Fsp3) is 0.0968. The van der Waals surface area contributed by atoms with E-state index in [2.05, 4.69) is 53.8 Å². The van der Waals surface area contributed by atoms with Crippen LogP contribution in [0.5, 0.6) is 23.0 Å². The van der Waals surface area contributed by atoms with Gasteiger partial charge in [-0.2, -0.15) is 0 Å². The van der Waals surface area contributed by atoms with Gasteiger partial charge in [-0.25, -0.2) is 0 Å². The van der Waals surface area contributed by atoms with E-state index in [1.165, 1.54) is 10.8 Å². The smallest absolute Gasteiger partial charge is 0.161 e. The van der Waals surface area contributed by atoms with Crippen LogP contribution in [-0.2, 0) is 13.2 Å². The number of nitrogens with one attached hydrogen (secondary N) is 1. The van der Waals surface area contributed by atoms with Gasteiger partial charge in [0.15, 0.2) is 11.5 Å². The summed E-state index contributed by atoms with van der Waals surface area (Å²) in [6.45, 7) is 1.14. The Morgan fingerprint density at radius 2 is 1.40 bits per heavy atom. The molecule has 0 aliphatic carbocycles. The molecule has 0 amide bonds. The molecule has 35 heavy (non-hydrogen) atoms. The number of anilines is 1. The van der Waals surface area contributed by atoms with E-state index in [0.717, 1.165) is 39.8 Å². The second kappa shape index (κ2) is 10.7. The minimum atomic E-state index is 0.479. The molecule has 0 unspecified atom stereocenters. The summed E-state index contributed by atoms with van der Waals surface area (Å²) in [5, 5.41) is 5.86. The molecule has 0 aliphatic rings. The third-order valence-electron chi connectivity index (χ3n) is 5.82. The molecule has 174 valence electrons. The van der Waals surface area contributed by atoms with Crippen molar-refractivity contribution in [2.45, 2.75) is 13.2 Å². The molecule has 0 aromatic heterocycles. The van der Waals surface area contributed by atoms with E-state index in [9.17, 15) is 0 Å². The first kappa shape index (κ1) is 22.4. The largest absolute Gasteiger partial charge is 0.493 e. The molecular formula is C31H27NO3. The van der Waals surface area contributed by atoms with Crippen LogP contribution in [0, 0.1) is 0 Å². The summed E-state index contributed by atoms with van der Waals surface area (Å²) in [6.07, 6.45) is 0. The fourth-order valence-electron chi connectivity index (χ4n) is 3.98. The number of methoxy groups -OCH3 is 1. The Kier molecular flexibility index (Phi) is 6.81. The van der Waals surface area contributed by atoms with Crippen LogP contribution in [-0.4, -0.2) is 7.11 Å². The standard InChI is InChI=1S/C31H27NO3/c1-33-31-20-23(21-32-26-15-17-28(18-16-26)35-27-11-3-2-4-12-27)14-19-30(31)34-22-25-10-7-9-24-8-5-6-13-29(24)25/h2-20,32H,21-22H2,1H3. The topological polar surface area (TPSA) is 39.7 Å². The van der Waals surface area contributed by atoms with Crippen molar-refractivity contribution >= 4 is 16.5 Å². The predicted molar refractivity (Wildman–Crippen MR) is 142 cm³/mol. The number of fused-ring (bicyclic) bond motifs is 1. The lowest BCUT2D eigenvalue weighted by atomic mass is 10.1. The maximum Gasteiger partial charge on any atom is 0.161 e. The summed E-state index contributed by atoms with van der Waals surface area (Å²) in [6, 6.07) is 38.4.